The monoisotopic (exact) mass is 345 g/mol. The van der Waals surface area contributed by atoms with E-state index >= 15 is 0 Å². The smallest absolute Gasteiger partial charge is 0.337 e. The first-order chi connectivity index (χ1) is 10.8. The largest absolute Gasteiger partial charge is 0.441 e. The first-order valence-corrected chi connectivity index (χ1v) is 7.55. The van der Waals surface area contributed by atoms with Crippen molar-refractivity contribution >= 4 is 23.5 Å². The van der Waals surface area contributed by atoms with Crippen LogP contribution in [0.1, 0.15) is 5.56 Å². The topological polar surface area (TPSA) is 71.8 Å². The highest BCUT2D eigenvalue weighted by atomic mass is 32.2. The van der Waals surface area contributed by atoms with Crippen LogP contribution < -0.4 is 10.6 Å². The molecule has 6 nitrogen and oxygen atoms in total. The van der Waals surface area contributed by atoms with E-state index in [9.17, 15) is 18.0 Å². The van der Waals surface area contributed by atoms with Crippen molar-refractivity contribution in [3.8, 4) is 5.69 Å². The Balaban J connectivity index is 1.92. The normalized spacial score (nSPS) is 11.3. The summed E-state index contributed by atoms with van der Waals surface area (Å²) in [7, 11) is 0. The molecule has 1 heterocycles. The maximum absolute atomic E-state index is 12.0. The molecular formula is C13H14F3N5OS. The zero-order valence-corrected chi connectivity index (χ0v) is 12.9. The maximum Gasteiger partial charge on any atom is 0.441 e. The van der Waals surface area contributed by atoms with Crippen LogP contribution in [-0.2, 0) is 0 Å². The third-order valence-electron chi connectivity index (χ3n) is 2.84. The fourth-order valence-corrected chi connectivity index (χ4v) is 2.17. The molecule has 0 bridgehead atoms. The molecule has 0 saturated carbocycles. The maximum atomic E-state index is 12.0. The van der Waals surface area contributed by atoms with Crippen LogP contribution in [0.3, 0.4) is 0 Å². The van der Waals surface area contributed by atoms with Crippen molar-refractivity contribution in [1.29, 1.82) is 0 Å². The van der Waals surface area contributed by atoms with Crippen molar-refractivity contribution in [2.75, 3.05) is 17.6 Å². The molecular weight excluding hydrogens is 331 g/mol. The Morgan fingerprint density at radius 1 is 1.30 bits per heavy atom. The number of aromatic nitrogens is 3. The van der Waals surface area contributed by atoms with Gasteiger partial charge in [0.15, 0.2) is 0 Å². The number of nitrogens with zero attached hydrogens (tertiary/aromatic N) is 3. The predicted octanol–water partition coefficient (Wildman–Crippen LogP) is 2.95. The van der Waals surface area contributed by atoms with Crippen molar-refractivity contribution in [3.05, 3.63) is 36.4 Å². The van der Waals surface area contributed by atoms with E-state index in [1.807, 2.05) is 19.1 Å². The Bertz CT molecular complexity index is 660. The van der Waals surface area contributed by atoms with Crippen molar-refractivity contribution in [2.45, 2.75) is 12.4 Å². The van der Waals surface area contributed by atoms with Gasteiger partial charge >= 0.3 is 11.5 Å². The summed E-state index contributed by atoms with van der Waals surface area (Å²) in [6.07, 6.45) is 3.03. The molecule has 1 aromatic heterocycles. The van der Waals surface area contributed by atoms with E-state index in [0.717, 1.165) is 11.3 Å². The number of amides is 2. The van der Waals surface area contributed by atoms with Gasteiger partial charge in [-0.2, -0.15) is 13.2 Å². The van der Waals surface area contributed by atoms with Gasteiger partial charge in [-0.25, -0.2) is 4.79 Å². The lowest BCUT2D eigenvalue weighted by Gasteiger charge is -2.12. The number of carbonyl (C=O) groups excluding carboxylic acids is 1. The molecule has 2 amide bonds. The average molecular weight is 345 g/mol. The van der Waals surface area contributed by atoms with E-state index in [1.54, 1.807) is 10.6 Å². The van der Waals surface area contributed by atoms with Crippen LogP contribution in [0.4, 0.5) is 23.7 Å². The lowest BCUT2D eigenvalue weighted by molar-refractivity contribution is -0.0327. The summed E-state index contributed by atoms with van der Waals surface area (Å²) in [6.45, 7) is 1.73. The number of halogens is 3. The summed E-state index contributed by atoms with van der Waals surface area (Å²) in [4.78, 5) is 11.7. The summed E-state index contributed by atoms with van der Waals surface area (Å²) in [5.74, 6) is -0.239. The lowest BCUT2D eigenvalue weighted by atomic mass is 10.2. The third-order valence-corrected chi connectivity index (χ3v) is 3.58. The molecule has 0 spiro atoms. The highest BCUT2D eigenvalue weighted by molar-refractivity contribution is 8.00. The van der Waals surface area contributed by atoms with Gasteiger partial charge in [0.25, 0.3) is 0 Å². The Kier molecular flexibility index (Phi) is 5.48. The van der Waals surface area contributed by atoms with E-state index in [0.29, 0.717) is 5.69 Å². The molecule has 0 aliphatic rings. The summed E-state index contributed by atoms with van der Waals surface area (Å²) in [5.41, 5.74) is -2.16. The number of urea groups is 1. The van der Waals surface area contributed by atoms with Gasteiger partial charge in [-0.1, -0.05) is 6.07 Å². The van der Waals surface area contributed by atoms with E-state index < -0.39 is 11.5 Å². The minimum Gasteiger partial charge on any atom is -0.337 e. The minimum atomic E-state index is -4.29. The van der Waals surface area contributed by atoms with E-state index in [2.05, 4.69) is 20.8 Å². The summed E-state index contributed by atoms with van der Waals surface area (Å²) >= 11 is -0.174. The number of benzene rings is 1. The number of nitrogens with one attached hydrogen (secondary N) is 2. The predicted molar refractivity (Wildman–Crippen MR) is 81.6 cm³/mol. The van der Waals surface area contributed by atoms with E-state index in [-0.39, 0.29) is 24.1 Å². The molecule has 10 heteroatoms. The number of alkyl halides is 3. The molecule has 2 aromatic rings. The van der Waals surface area contributed by atoms with Crippen LogP contribution >= 0.6 is 11.8 Å². The van der Waals surface area contributed by atoms with Gasteiger partial charge in [-0.15, -0.1) is 10.2 Å². The highest BCUT2D eigenvalue weighted by Gasteiger charge is 2.27. The second-order valence-electron chi connectivity index (χ2n) is 4.54. The third kappa shape index (κ3) is 5.47. The Hall–Kier alpha value is -2.23. The van der Waals surface area contributed by atoms with Crippen molar-refractivity contribution in [3.63, 3.8) is 0 Å². The molecule has 0 saturated heterocycles. The van der Waals surface area contributed by atoms with E-state index in [4.69, 9.17) is 0 Å². The Labute approximate surface area is 134 Å². The zero-order valence-electron chi connectivity index (χ0n) is 12.1. The van der Waals surface area contributed by atoms with Crippen molar-refractivity contribution in [1.82, 2.24) is 20.1 Å². The molecule has 124 valence electrons. The summed E-state index contributed by atoms with van der Waals surface area (Å²) in [5, 5.41) is 12.4. The second kappa shape index (κ2) is 7.36. The summed E-state index contributed by atoms with van der Waals surface area (Å²) in [6, 6.07) is 4.81. The Morgan fingerprint density at radius 2 is 2.00 bits per heavy atom. The van der Waals surface area contributed by atoms with E-state index in [1.165, 1.54) is 12.7 Å². The number of hydrogen-bond acceptors (Lipinski definition) is 4. The lowest BCUT2D eigenvalue weighted by Crippen LogP contribution is -2.31. The van der Waals surface area contributed by atoms with Crippen LogP contribution in [0.5, 0.6) is 0 Å². The summed E-state index contributed by atoms with van der Waals surface area (Å²) < 4.78 is 37.6. The molecule has 1 aromatic carbocycles. The van der Waals surface area contributed by atoms with Gasteiger partial charge < -0.3 is 10.6 Å². The van der Waals surface area contributed by atoms with Gasteiger partial charge in [0, 0.05) is 18.0 Å². The number of aryl methyl sites for hydroxylation is 1. The molecule has 0 atom stereocenters. The number of rotatable bonds is 5. The number of carbonyl (C=O) groups is 1. The quantitative estimate of drug-likeness (QED) is 0.818. The fraction of sp³-hybridized carbons (Fsp3) is 0.308. The van der Waals surface area contributed by atoms with Crippen LogP contribution in [0, 0.1) is 6.92 Å². The van der Waals surface area contributed by atoms with Crippen molar-refractivity contribution < 1.29 is 18.0 Å². The van der Waals surface area contributed by atoms with Crippen LogP contribution in [-0.4, -0.2) is 38.6 Å². The SMILES string of the molecule is Cc1ccc(-n2cnnc2)cc1NC(=O)NCCSC(F)(F)F. The molecule has 0 aliphatic carbocycles. The highest BCUT2D eigenvalue weighted by Crippen LogP contribution is 2.29. The van der Waals surface area contributed by atoms with Gasteiger partial charge in [0.1, 0.15) is 12.7 Å². The molecule has 0 aliphatic heterocycles. The van der Waals surface area contributed by atoms with Crippen LogP contribution in [0.2, 0.25) is 0 Å². The van der Waals surface area contributed by atoms with Gasteiger partial charge in [-0.05, 0) is 36.4 Å². The van der Waals surface area contributed by atoms with Crippen LogP contribution in [0.15, 0.2) is 30.9 Å². The molecule has 23 heavy (non-hydrogen) atoms. The fourth-order valence-electron chi connectivity index (χ4n) is 1.74. The van der Waals surface area contributed by atoms with Gasteiger partial charge in [0.2, 0.25) is 0 Å². The standard InChI is InChI=1S/C13H14F3N5OS/c1-9-2-3-10(21-7-18-19-8-21)6-11(9)20-12(22)17-4-5-23-13(14,15)16/h2-3,6-8H,4-5H2,1H3,(H2,17,20,22). The Morgan fingerprint density at radius 3 is 2.65 bits per heavy atom. The minimum absolute atomic E-state index is 0.0831. The molecule has 2 rings (SSSR count). The zero-order chi connectivity index (χ0) is 16.9. The second-order valence-corrected chi connectivity index (χ2v) is 5.70. The van der Waals surface area contributed by atoms with Gasteiger partial charge in [0.05, 0.1) is 5.69 Å². The molecule has 2 N–H and O–H groups in total. The molecule has 0 unspecified atom stereocenters. The average Bonchev–Trinajstić information content (AvgIpc) is 2.99. The van der Waals surface area contributed by atoms with Crippen molar-refractivity contribution in [2.24, 2.45) is 0 Å². The molecule has 0 radical (unpaired) electrons. The number of hydrogen-bond donors (Lipinski definition) is 2. The van der Waals surface area contributed by atoms with Crippen LogP contribution in [0.25, 0.3) is 5.69 Å². The first kappa shape index (κ1) is 17.1. The van der Waals surface area contributed by atoms with Gasteiger partial charge in [-0.3, -0.25) is 4.57 Å². The number of anilines is 1. The number of thioether (sulfide) groups is 1. The first-order valence-electron chi connectivity index (χ1n) is 6.56. The molecule has 0 fully saturated rings.